The number of fused-ring (bicyclic) bond motifs is 1. The maximum Gasteiger partial charge on any atom is 0.248 e. The molecule has 0 N–H and O–H groups in total. The zero-order valence-electron chi connectivity index (χ0n) is 13.4. The molecule has 2 aliphatic rings. The summed E-state index contributed by atoms with van der Waals surface area (Å²) in [6, 6.07) is 2.08. The molecule has 0 bridgehead atoms. The molecule has 2 aromatic rings. The number of aromatic nitrogens is 4. The third-order valence-electron chi connectivity index (χ3n) is 4.77. The highest BCUT2D eigenvalue weighted by Crippen LogP contribution is 2.33. The number of ether oxygens (including phenoxy) is 1. The Balaban J connectivity index is 1.65. The second-order valence-corrected chi connectivity index (χ2v) is 6.37. The number of carbonyl (C=O) groups is 1. The van der Waals surface area contributed by atoms with Crippen LogP contribution in [0.15, 0.2) is 12.4 Å². The SMILES string of the molecule is CCc1cc(N2CCC3(CN(C)C(=O)CO3)C2)c2nncn2n1. The van der Waals surface area contributed by atoms with Gasteiger partial charge in [0.1, 0.15) is 18.5 Å². The molecule has 2 aromatic heterocycles. The van der Waals surface area contributed by atoms with Crippen LogP contribution in [0.1, 0.15) is 19.0 Å². The number of rotatable bonds is 2. The summed E-state index contributed by atoms with van der Waals surface area (Å²) in [7, 11) is 1.84. The van der Waals surface area contributed by atoms with E-state index >= 15 is 0 Å². The first-order valence-corrected chi connectivity index (χ1v) is 7.93. The van der Waals surface area contributed by atoms with Gasteiger partial charge in [-0.05, 0) is 18.9 Å². The van der Waals surface area contributed by atoms with Crippen LogP contribution < -0.4 is 4.90 Å². The van der Waals surface area contributed by atoms with E-state index in [2.05, 4.69) is 33.2 Å². The molecule has 4 rings (SSSR count). The highest BCUT2D eigenvalue weighted by molar-refractivity contribution is 5.78. The monoisotopic (exact) mass is 316 g/mol. The van der Waals surface area contributed by atoms with Gasteiger partial charge >= 0.3 is 0 Å². The van der Waals surface area contributed by atoms with E-state index in [0.29, 0.717) is 6.54 Å². The van der Waals surface area contributed by atoms with Crippen molar-refractivity contribution in [3.05, 3.63) is 18.1 Å². The molecule has 1 spiro atoms. The Morgan fingerprint density at radius 2 is 2.26 bits per heavy atom. The van der Waals surface area contributed by atoms with Gasteiger partial charge in [0.05, 0.1) is 17.9 Å². The van der Waals surface area contributed by atoms with Crippen LogP contribution in [0.4, 0.5) is 5.69 Å². The van der Waals surface area contributed by atoms with Crippen LogP contribution in [0.3, 0.4) is 0 Å². The summed E-state index contributed by atoms with van der Waals surface area (Å²) in [5, 5.41) is 12.7. The molecule has 0 radical (unpaired) electrons. The Hall–Kier alpha value is -2.22. The number of hydrogen-bond donors (Lipinski definition) is 0. The third-order valence-corrected chi connectivity index (χ3v) is 4.77. The number of hydrogen-bond acceptors (Lipinski definition) is 6. The second-order valence-electron chi connectivity index (χ2n) is 6.37. The molecule has 1 unspecified atom stereocenters. The summed E-state index contributed by atoms with van der Waals surface area (Å²) in [6.07, 6.45) is 3.38. The van der Waals surface area contributed by atoms with Gasteiger partial charge in [-0.25, -0.2) is 0 Å². The van der Waals surface area contributed by atoms with Gasteiger partial charge in [0.25, 0.3) is 0 Å². The lowest BCUT2D eigenvalue weighted by Crippen LogP contribution is -2.54. The third kappa shape index (κ3) is 2.33. The van der Waals surface area contributed by atoms with Crippen molar-refractivity contribution >= 4 is 17.2 Å². The van der Waals surface area contributed by atoms with Gasteiger partial charge < -0.3 is 14.5 Å². The minimum Gasteiger partial charge on any atom is -0.365 e. The molecule has 8 nitrogen and oxygen atoms in total. The molecule has 1 atom stereocenters. The van der Waals surface area contributed by atoms with Crippen molar-refractivity contribution in [3.63, 3.8) is 0 Å². The lowest BCUT2D eigenvalue weighted by Gasteiger charge is -2.38. The molecule has 2 aliphatic heterocycles. The summed E-state index contributed by atoms with van der Waals surface area (Å²) in [4.78, 5) is 15.7. The van der Waals surface area contributed by atoms with Crippen molar-refractivity contribution < 1.29 is 9.53 Å². The Kier molecular flexibility index (Phi) is 3.22. The Labute approximate surface area is 134 Å². The van der Waals surface area contributed by atoms with Gasteiger partial charge in [0.15, 0.2) is 0 Å². The summed E-state index contributed by atoms with van der Waals surface area (Å²) in [5.74, 6) is 0.0473. The average molecular weight is 316 g/mol. The molecule has 0 aromatic carbocycles. The van der Waals surface area contributed by atoms with Gasteiger partial charge in [0.2, 0.25) is 11.6 Å². The fraction of sp³-hybridized carbons (Fsp3) is 0.600. The molecule has 23 heavy (non-hydrogen) atoms. The quantitative estimate of drug-likeness (QED) is 0.783. The van der Waals surface area contributed by atoms with Crippen LogP contribution in [0, 0.1) is 0 Å². The smallest absolute Gasteiger partial charge is 0.248 e. The van der Waals surface area contributed by atoms with E-state index in [4.69, 9.17) is 4.74 Å². The molecular weight excluding hydrogens is 296 g/mol. The van der Waals surface area contributed by atoms with Crippen molar-refractivity contribution in [3.8, 4) is 0 Å². The van der Waals surface area contributed by atoms with Crippen LogP contribution in [-0.2, 0) is 16.0 Å². The first kappa shape index (κ1) is 14.4. The van der Waals surface area contributed by atoms with Crippen LogP contribution in [0.25, 0.3) is 5.65 Å². The number of nitrogens with zero attached hydrogens (tertiary/aromatic N) is 6. The number of aryl methyl sites for hydroxylation is 1. The van der Waals surface area contributed by atoms with Gasteiger partial charge in [-0.15, -0.1) is 10.2 Å². The molecule has 4 heterocycles. The first-order chi connectivity index (χ1) is 11.1. The molecule has 8 heteroatoms. The van der Waals surface area contributed by atoms with E-state index in [9.17, 15) is 4.79 Å². The molecule has 0 saturated carbocycles. The van der Waals surface area contributed by atoms with E-state index in [0.717, 1.165) is 43.0 Å². The highest BCUT2D eigenvalue weighted by atomic mass is 16.5. The fourth-order valence-corrected chi connectivity index (χ4v) is 3.46. The lowest BCUT2D eigenvalue weighted by molar-refractivity contribution is -0.157. The van der Waals surface area contributed by atoms with Crippen LogP contribution >= 0.6 is 0 Å². The van der Waals surface area contributed by atoms with Crippen molar-refractivity contribution in [1.82, 2.24) is 24.7 Å². The van der Waals surface area contributed by atoms with Crippen molar-refractivity contribution in [2.24, 2.45) is 0 Å². The highest BCUT2D eigenvalue weighted by Gasteiger charge is 2.44. The van der Waals surface area contributed by atoms with Gasteiger partial charge in [-0.2, -0.15) is 9.61 Å². The second kappa shape index (κ2) is 5.16. The van der Waals surface area contributed by atoms with E-state index < -0.39 is 0 Å². The van der Waals surface area contributed by atoms with Crippen LogP contribution in [-0.4, -0.2) is 69.5 Å². The van der Waals surface area contributed by atoms with Gasteiger partial charge in [-0.1, -0.05) is 6.92 Å². The standard InChI is InChI=1S/C15H20N6O2/c1-3-11-6-12(14-17-16-10-21(14)18-11)20-5-4-15(9-20)8-19(2)13(22)7-23-15/h6,10H,3-5,7-9H2,1-2H3. The largest absolute Gasteiger partial charge is 0.365 e. The molecular formula is C15H20N6O2. The number of carbonyl (C=O) groups excluding carboxylic acids is 1. The molecule has 122 valence electrons. The van der Waals surface area contributed by atoms with E-state index in [1.807, 2.05) is 7.05 Å². The summed E-state index contributed by atoms with van der Waals surface area (Å²) in [5.41, 5.74) is 2.52. The summed E-state index contributed by atoms with van der Waals surface area (Å²) < 4.78 is 7.65. The zero-order chi connectivity index (χ0) is 16.0. The minimum absolute atomic E-state index is 0.0473. The molecule has 2 fully saturated rings. The predicted molar refractivity (Wildman–Crippen MR) is 83.3 cm³/mol. The Morgan fingerprint density at radius 1 is 1.39 bits per heavy atom. The summed E-state index contributed by atoms with van der Waals surface area (Å²) >= 11 is 0. The first-order valence-electron chi connectivity index (χ1n) is 7.93. The zero-order valence-corrected chi connectivity index (χ0v) is 13.4. The minimum atomic E-state index is -0.282. The molecule has 0 aliphatic carbocycles. The Bertz CT molecular complexity index is 760. The number of anilines is 1. The van der Waals surface area contributed by atoms with Gasteiger partial charge in [0, 0.05) is 20.1 Å². The lowest BCUT2D eigenvalue weighted by atomic mass is 10.0. The Morgan fingerprint density at radius 3 is 3.04 bits per heavy atom. The number of likely N-dealkylation sites (N-methyl/N-ethyl adjacent to an activating group) is 1. The maximum absolute atomic E-state index is 11.7. The number of morpholine rings is 1. The van der Waals surface area contributed by atoms with E-state index in [-0.39, 0.29) is 18.1 Å². The predicted octanol–water partition coefficient (Wildman–Crippen LogP) is 0.124. The van der Waals surface area contributed by atoms with Crippen LogP contribution in [0.2, 0.25) is 0 Å². The molecule has 1 amide bonds. The average Bonchev–Trinajstić information content (AvgIpc) is 3.17. The summed E-state index contributed by atoms with van der Waals surface area (Å²) in [6.45, 7) is 4.51. The van der Waals surface area contributed by atoms with Crippen molar-refractivity contribution in [1.29, 1.82) is 0 Å². The number of amides is 1. The van der Waals surface area contributed by atoms with Crippen molar-refractivity contribution in [2.45, 2.75) is 25.4 Å². The normalized spacial score (nSPS) is 25.0. The van der Waals surface area contributed by atoms with E-state index in [1.54, 1.807) is 15.7 Å². The van der Waals surface area contributed by atoms with Gasteiger partial charge in [-0.3, -0.25) is 4.79 Å². The maximum atomic E-state index is 11.7. The van der Waals surface area contributed by atoms with Crippen LogP contribution in [0.5, 0.6) is 0 Å². The van der Waals surface area contributed by atoms with E-state index in [1.165, 1.54) is 0 Å². The van der Waals surface area contributed by atoms with Crippen molar-refractivity contribution in [2.75, 3.05) is 38.2 Å². The molecule has 2 saturated heterocycles. The topological polar surface area (TPSA) is 75.9 Å². The fourth-order valence-electron chi connectivity index (χ4n) is 3.46.